The summed E-state index contributed by atoms with van der Waals surface area (Å²) in [6.45, 7) is 0. The average Bonchev–Trinajstić information content (AvgIpc) is 2.75. The molecule has 31 heavy (non-hydrogen) atoms. The molecule has 1 aromatic carbocycles. The van der Waals surface area contributed by atoms with Crippen LogP contribution in [-0.4, -0.2) is 29.3 Å². The number of nitrogens with zero attached hydrogens (tertiary/aromatic N) is 3. The van der Waals surface area contributed by atoms with Crippen molar-refractivity contribution in [3.8, 4) is 11.5 Å². The van der Waals surface area contributed by atoms with Crippen LogP contribution in [0.25, 0.3) is 0 Å². The largest absolute Gasteiger partial charge is 0.493 e. The summed E-state index contributed by atoms with van der Waals surface area (Å²) < 4.78 is 48.5. The fourth-order valence-corrected chi connectivity index (χ4v) is 2.54. The Morgan fingerprint density at radius 1 is 1.19 bits per heavy atom. The minimum absolute atomic E-state index is 0.0418. The van der Waals surface area contributed by atoms with E-state index in [9.17, 15) is 18.0 Å². The number of methoxy groups -OCH3 is 1. The van der Waals surface area contributed by atoms with Gasteiger partial charge in [0, 0.05) is 18.6 Å². The number of alkyl halides is 3. The Kier molecular flexibility index (Phi) is 6.71. The van der Waals surface area contributed by atoms with Crippen LogP contribution in [0.2, 0.25) is 5.02 Å². The Hall–Kier alpha value is -3.66. The summed E-state index contributed by atoms with van der Waals surface area (Å²) in [6.07, 6.45) is 0.384. The van der Waals surface area contributed by atoms with Gasteiger partial charge in [-0.1, -0.05) is 11.6 Å². The SMILES string of the molecule is COc1cc(/C=N/Nc2ncc(C(F)(F)F)cc2Cl)ccc1OC(=O)c1cccnc1. The number of pyridine rings is 2. The molecule has 160 valence electrons. The summed E-state index contributed by atoms with van der Waals surface area (Å²) in [5.41, 5.74) is 2.33. The molecular weight excluding hydrogens is 437 g/mol. The second-order valence-corrected chi connectivity index (χ2v) is 6.37. The van der Waals surface area contributed by atoms with Crippen LogP contribution in [-0.2, 0) is 6.18 Å². The van der Waals surface area contributed by atoms with Gasteiger partial charge in [0.1, 0.15) is 0 Å². The van der Waals surface area contributed by atoms with Gasteiger partial charge in [-0.15, -0.1) is 0 Å². The molecule has 11 heteroatoms. The van der Waals surface area contributed by atoms with Crippen molar-refractivity contribution in [2.24, 2.45) is 5.10 Å². The standard InChI is InChI=1S/C20H14ClF3N4O3/c1-30-17-7-12(4-5-16(17)31-19(29)13-3-2-6-25-10-13)9-27-28-18-15(21)8-14(11-26-18)20(22,23)24/h2-11H,1H3,(H,26,28)/b27-9+. The van der Waals surface area contributed by atoms with Crippen LogP contribution in [0.15, 0.2) is 60.1 Å². The first-order valence-corrected chi connectivity index (χ1v) is 8.98. The van der Waals surface area contributed by atoms with Gasteiger partial charge in [-0.05, 0) is 42.0 Å². The minimum atomic E-state index is -4.54. The number of hydrogen-bond acceptors (Lipinski definition) is 7. The summed E-state index contributed by atoms with van der Waals surface area (Å²) in [5, 5.41) is 3.67. The first-order chi connectivity index (χ1) is 14.8. The molecule has 0 saturated carbocycles. The third-order valence-corrected chi connectivity index (χ3v) is 4.13. The second-order valence-electron chi connectivity index (χ2n) is 5.96. The van der Waals surface area contributed by atoms with Gasteiger partial charge in [-0.25, -0.2) is 9.78 Å². The van der Waals surface area contributed by atoms with Gasteiger partial charge < -0.3 is 9.47 Å². The minimum Gasteiger partial charge on any atom is -0.493 e. The number of carbonyl (C=O) groups excluding carboxylic acids is 1. The molecule has 0 fully saturated rings. The number of benzene rings is 1. The summed E-state index contributed by atoms with van der Waals surface area (Å²) in [5.74, 6) is -0.182. The maximum atomic E-state index is 12.7. The van der Waals surface area contributed by atoms with E-state index in [1.807, 2.05) is 0 Å². The van der Waals surface area contributed by atoms with Crippen LogP contribution >= 0.6 is 11.6 Å². The van der Waals surface area contributed by atoms with Crippen LogP contribution in [0.1, 0.15) is 21.5 Å². The number of halogens is 4. The molecule has 2 aromatic heterocycles. The van der Waals surface area contributed by atoms with E-state index in [-0.39, 0.29) is 27.9 Å². The molecule has 0 aliphatic carbocycles. The molecule has 2 heterocycles. The summed E-state index contributed by atoms with van der Waals surface area (Å²) in [4.78, 5) is 19.7. The quantitative estimate of drug-likeness (QED) is 0.251. The molecule has 0 spiro atoms. The highest BCUT2D eigenvalue weighted by Gasteiger charge is 2.31. The molecule has 0 saturated heterocycles. The fourth-order valence-electron chi connectivity index (χ4n) is 2.33. The molecule has 3 rings (SSSR count). The van der Waals surface area contributed by atoms with Gasteiger partial charge in [0.15, 0.2) is 17.3 Å². The Labute approximate surface area is 179 Å². The lowest BCUT2D eigenvalue weighted by Gasteiger charge is -2.10. The highest BCUT2D eigenvalue weighted by atomic mass is 35.5. The number of ether oxygens (including phenoxy) is 2. The Morgan fingerprint density at radius 2 is 2.00 bits per heavy atom. The van der Waals surface area contributed by atoms with Gasteiger partial charge in [-0.3, -0.25) is 10.4 Å². The first kappa shape index (κ1) is 22.0. The summed E-state index contributed by atoms with van der Waals surface area (Å²) in [7, 11) is 1.40. The fraction of sp³-hybridized carbons (Fsp3) is 0.100. The van der Waals surface area contributed by atoms with Crippen LogP contribution in [0.4, 0.5) is 19.0 Å². The number of hydrogen-bond donors (Lipinski definition) is 1. The molecule has 0 radical (unpaired) electrons. The molecule has 0 atom stereocenters. The lowest BCUT2D eigenvalue weighted by molar-refractivity contribution is -0.137. The van der Waals surface area contributed by atoms with Gasteiger partial charge >= 0.3 is 12.1 Å². The zero-order valence-electron chi connectivity index (χ0n) is 15.9. The van der Waals surface area contributed by atoms with Crippen molar-refractivity contribution in [3.63, 3.8) is 0 Å². The number of aromatic nitrogens is 2. The van der Waals surface area contributed by atoms with Crippen molar-refractivity contribution >= 4 is 29.6 Å². The smallest absolute Gasteiger partial charge is 0.417 e. The predicted molar refractivity (Wildman–Crippen MR) is 108 cm³/mol. The van der Waals surface area contributed by atoms with Crippen LogP contribution in [0.3, 0.4) is 0 Å². The van der Waals surface area contributed by atoms with Crippen LogP contribution in [0.5, 0.6) is 11.5 Å². The number of anilines is 1. The van der Waals surface area contributed by atoms with E-state index in [1.54, 1.807) is 24.3 Å². The van der Waals surface area contributed by atoms with Crippen LogP contribution < -0.4 is 14.9 Å². The number of carbonyl (C=O) groups is 1. The van der Waals surface area contributed by atoms with Crippen molar-refractivity contribution in [1.29, 1.82) is 0 Å². The molecule has 1 N–H and O–H groups in total. The predicted octanol–water partition coefficient (Wildman–Crippen LogP) is 4.82. The number of hydrazone groups is 1. The second kappa shape index (κ2) is 9.43. The molecule has 0 aliphatic rings. The van der Waals surface area contributed by atoms with E-state index in [0.29, 0.717) is 11.8 Å². The first-order valence-electron chi connectivity index (χ1n) is 8.60. The highest BCUT2D eigenvalue weighted by molar-refractivity contribution is 6.32. The monoisotopic (exact) mass is 450 g/mol. The Balaban J connectivity index is 1.70. The summed E-state index contributed by atoms with van der Waals surface area (Å²) in [6, 6.07) is 8.59. The number of rotatable bonds is 6. The van der Waals surface area contributed by atoms with E-state index in [0.717, 1.165) is 6.07 Å². The van der Waals surface area contributed by atoms with E-state index < -0.39 is 17.7 Å². The molecule has 0 amide bonds. The lowest BCUT2D eigenvalue weighted by atomic mass is 10.2. The molecular formula is C20H14ClF3N4O3. The van der Waals surface area contributed by atoms with Gasteiger partial charge in [0.25, 0.3) is 0 Å². The van der Waals surface area contributed by atoms with Crippen molar-refractivity contribution in [1.82, 2.24) is 9.97 Å². The van der Waals surface area contributed by atoms with E-state index in [2.05, 4.69) is 20.5 Å². The number of esters is 1. The number of nitrogens with one attached hydrogen (secondary N) is 1. The third kappa shape index (κ3) is 5.70. The maximum absolute atomic E-state index is 12.7. The molecule has 7 nitrogen and oxygen atoms in total. The van der Waals surface area contributed by atoms with E-state index >= 15 is 0 Å². The van der Waals surface area contributed by atoms with Gasteiger partial charge in [0.05, 0.1) is 29.5 Å². The van der Waals surface area contributed by atoms with Crippen LogP contribution in [0, 0.1) is 0 Å². The summed E-state index contributed by atoms with van der Waals surface area (Å²) >= 11 is 5.81. The molecule has 3 aromatic rings. The van der Waals surface area contributed by atoms with Crippen molar-refractivity contribution in [3.05, 3.63) is 76.7 Å². The third-order valence-electron chi connectivity index (χ3n) is 3.84. The van der Waals surface area contributed by atoms with Crippen molar-refractivity contribution < 1.29 is 27.4 Å². The van der Waals surface area contributed by atoms with Crippen molar-refractivity contribution in [2.45, 2.75) is 6.18 Å². The van der Waals surface area contributed by atoms with E-state index in [1.165, 1.54) is 31.8 Å². The van der Waals surface area contributed by atoms with E-state index in [4.69, 9.17) is 21.1 Å². The van der Waals surface area contributed by atoms with Gasteiger partial charge in [0.2, 0.25) is 0 Å². The normalized spacial score (nSPS) is 11.4. The molecule has 0 unspecified atom stereocenters. The molecule has 0 bridgehead atoms. The molecule has 0 aliphatic heterocycles. The zero-order chi connectivity index (χ0) is 22.4. The van der Waals surface area contributed by atoms with Crippen molar-refractivity contribution in [2.75, 3.05) is 12.5 Å². The van der Waals surface area contributed by atoms with Gasteiger partial charge in [-0.2, -0.15) is 18.3 Å². The topological polar surface area (TPSA) is 85.7 Å². The average molecular weight is 451 g/mol. The lowest BCUT2D eigenvalue weighted by Crippen LogP contribution is -2.09. The highest BCUT2D eigenvalue weighted by Crippen LogP contribution is 2.32. The Morgan fingerprint density at radius 3 is 2.65 bits per heavy atom. The Bertz CT molecular complexity index is 1110. The zero-order valence-corrected chi connectivity index (χ0v) is 16.6. The maximum Gasteiger partial charge on any atom is 0.417 e.